The number of primary amides is 1. The van der Waals surface area contributed by atoms with Gasteiger partial charge in [0.15, 0.2) is 0 Å². The maximum absolute atomic E-state index is 11.6. The van der Waals surface area contributed by atoms with E-state index in [1.54, 1.807) is 6.08 Å². The molecule has 0 aromatic carbocycles. The van der Waals surface area contributed by atoms with Crippen LogP contribution in [0.15, 0.2) is 12.2 Å². The smallest absolute Gasteiger partial charge is 0.221 e. The van der Waals surface area contributed by atoms with Gasteiger partial charge in [-0.3, -0.25) is 4.79 Å². The molecule has 0 bridgehead atoms. The van der Waals surface area contributed by atoms with Gasteiger partial charge in [-0.25, -0.2) is 0 Å². The Kier molecular flexibility index (Phi) is 8.33. The summed E-state index contributed by atoms with van der Waals surface area (Å²) in [6.45, 7) is 5.87. The molecule has 0 aliphatic rings. The number of carbonyl (C=O) groups is 1. The number of rotatable bonds is 8. The maximum atomic E-state index is 11.6. The van der Waals surface area contributed by atoms with Gasteiger partial charge in [0.1, 0.15) is 5.25 Å². The molecule has 4 nitrogen and oxygen atoms in total. The minimum atomic E-state index is -1.03. The first-order valence-corrected chi connectivity index (χ1v) is 6.80. The van der Waals surface area contributed by atoms with Crippen LogP contribution in [0.5, 0.6) is 0 Å². The van der Waals surface area contributed by atoms with Crippen molar-refractivity contribution in [1.82, 2.24) is 4.72 Å². The highest BCUT2D eigenvalue weighted by molar-refractivity contribution is 7.90. The van der Waals surface area contributed by atoms with E-state index < -0.39 is 11.4 Å². The fourth-order valence-corrected chi connectivity index (χ4v) is 1.91. The van der Waals surface area contributed by atoms with Crippen molar-refractivity contribution in [2.45, 2.75) is 51.3 Å². The van der Waals surface area contributed by atoms with Gasteiger partial charge in [-0.05, 0) is 20.3 Å². The SMILES string of the molecule is CCCC(/C=C\CC(N)=O)N[S+]([O-])C(C)C. The van der Waals surface area contributed by atoms with Gasteiger partial charge >= 0.3 is 0 Å². The van der Waals surface area contributed by atoms with Crippen LogP contribution in [0, 0.1) is 0 Å². The summed E-state index contributed by atoms with van der Waals surface area (Å²) >= 11 is -1.03. The molecule has 0 rings (SSSR count). The van der Waals surface area contributed by atoms with Gasteiger partial charge in [0.25, 0.3) is 0 Å². The molecule has 16 heavy (non-hydrogen) atoms. The molecule has 94 valence electrons. The third kappa shape index (κ3) is 7.73. The summed E-state index contributed by atoms with van der Waals surface area (Å²) in [5.74, 6) is -0.350. The highest BCUT2D eigenvalue weighted by Crippen LogP contribution is 2.05. The van der Waals surface area contributed by atoms with Crippen molar-refractivity contribution in [1.29, 1.82) is 0 Å². The van der Waals surface area contributed by atoms with Gasteiger partial charge in [0.05, 0.1) is 6.04 Å². The molecule has 1 amide bonds. The second-order valence-electron chi connectivity index (χ2n) is 3.96. The van der Waals surface area contributed by atoms with E-state index in [0.717, 1.165) is 12.8 Å². The average molecular weight is 246 g/mol. The third-order valence-corrected chi connectivity index (χ3v) is 3.37. The van der Waals surface area contributed by atoms with E-state index in [-0.39, 0.29) is 23.6 Å². The average Bonchev–Trinajstić information content (AvgIpc) is 2.17. The zero-order valence-electron chi connectivity index (χ0n) is 10.2. The predicted octanol–water partition coefficient (Wildman–Crippen LogP) is 1.25. The zero-order valence-corrected chi connectivity index (χ0v) is 11.0. The fourth-order valence-electron chi connectivity index (χ4n) is 1.14. The highest BCUT2D eigenvalue weighted by Gasteiger charge is 2.16. The van der Waals surface area contributed by atoms with Gasteiger partial charge in [0.2, 0.25) is 5.91 Å². The Morgan fingerprint density at radius 2 is 2.19 bits per heavy atom. The third-order valence-electron chi connectivity index (χ3n) is 1.98. The molecule has 0 aliphatic carbocycles. The summed E-state index contributed by atoms with van der Waals surface area (Å²) in [7, 11) is 0. The van der Waals surface area contributed by atoms with Gasteiger partial charge in [-0.1, -0.05) is 25.5 Å². The number of amides is 1. The molecule has 0 fully saturated rings. The van der Waals surface area contributed by atoms with Crippen LogP contribution in [-0.2, 0) is 16.2 Å². The van der Waals surface area contributed by atoms with Crippen LogP contribution in [-0.4, -0.2) is 21.8 Å². The summed E-state index contributed by atoms with van der Waals surface area (Å²) in [5, 5.41) is 0.0869. The lowest BCUT2D eigenvalue weighted by Gasteiger charge is -2.19. The number of hydrogen-bond donors (Lipinski definition) is 2. The lowest BCUT2D eigenvalue weighted by molar-refractivity contribution is -0.117. The second kappa shape index (κ2) is 8.61. The molecular formula is C11H22N2O2S. The maximum Gasteiger partial charge on any atom is 0.221 e. The Bertz CT molecular complexity index is 232. The Labute approximate surface area is 101 Å². The van der Waals surface area contributed by atoms with E-state index in [1.807, 2.05) is 19.9 Å². The van der Waals surface area contributed by atoms with Crippen LogP contribution in [0.25, 0.3) is 0 Å². The molecule has 2 unspecified atom stereocenters. The summed E-state index contributed by atoms with van der Waals surface area (Å²) in [5.41, 5.74) is 5.03. The molecule has 3 N–H and O–H groups in total. The Morgan fingerprint density at radius 1 is 1.56 bits per heavy atom. The molecule has 0 aromatic heterocycles. The largest absolute Gasteiger partial charge is 0.598 e. The van der Waals surface area contributed by atoms with Crippen molar-refractivity contribution < 1.29 is 9.35 Å². The first-order chi connectivity index (χ1) is 7.47. The van der Waals surface area contributed by atoms with Crippen LogP contribution < -0.4 is 10.5 Å². The normalized spacial score (nSPS) is 15.6. The van der Waals surface area contributed by atoms with Gasteiger partial charge < -0.3 is 10.3 Å². The van der Waals surface area contributed by atoms with Crippen LogP contribution >= 0.6 is 0 Å². The van der Waals surface area contributed by atoms with Crippen LogP contribution in [0.4, 0.5) is 0 Å². The summed E-state index contributed by atoms with van der Waals surface area (Å²) in [6.07, 6.45) is 5.72. The molecule has 0 radical (unpaired) electrons. The Balaban J connectivity index is 4.15. The molecule has 0 aromatic rings. The van der Waals surface area contributed by atoms with Crippen molar-refractivity contribution in [3.63, 3.8) is 0 Å². The molecular weight excluding hydrogens is 224 g/mol. The fraction of sp³-hybridized carbons (Fsp3) is 0.727. The van der Waals surface area contributed by atoms with E-state index in [2.05, 4.69) is 11.6 Å². The van der Waals surface area contributed by atoms with E-state index >= 15 is 0 Å². The molecule has 0 heterocycles. The van der Waals surface area contributed by atoms with Crippen molar-refractivity contribution >= 4 is 17.3 Å². The highest BCUT2D eigenvalue weighted by atomic mass is 32.2. The zero-order chi connectivity index (χ0) is 12.6. The van der Waals surface area contributed by atoms with Gasteiger partial charge in [0, 0.05) is 17.8 Å². The summed E-state index contributed by atoms with van der Waals surface area (Å²) in [6, 6.07) is 0.0487. The van der Waals surface area contributed by atoms with E-state index in [9.17, 15) is 9.35 Å². The molecule has 2 atom stereocenters. The summed E-state index contributed by atoms with van der Waals surface area (Å²) < 4.78 is 14.6. The van der Waals surface area contributed by atoms with E-state index in [0.29, 0.717) is 0 Å². The van der Waals surface area contributed by atoms with E-state index in [1.165, 1.54) is 0 Å². The molecule has 0 saturated heterocycles. The van der Waals surface area contributed by atoms with Crippen LogP contribution in [0.3, 0.4) is 0 Å². The van der Waals surface area contributed by atoms with Crippen molar-refractivity contribution in [2.24, 2.45) is 5.73 Å². The van der Waals surface area contributed by atoms with E-state index in [4.69, 9.17) is 5.73 Å². The number of carbonyl (C=O) groups excluding carboxylic acids is 1. The minimum absolute atomic E-state index is 0.0487. The van der Waals surface area contributed by atoms with Gasteiger partial charge in [-0.2, -0.15) is 0 Å². The second-order valence-corrected chi connectivity index (χ2v) is 5.73. The molecule has 5 heteroatoms. The quantitative estimate of drug-likeness (QED) is 0.500. The Morgan fingerprint density at radius 3 is 2.62 bits per heavy atom. The van der Waals surface area contributed by atoms with Crippen LogP contribution in [0.1, 0.15) is 40.0 Å². The molecule has 0 saturated carbocycles. The predicted molar refractivity (Wildman–Crippen MR) is 68.1 cm³/mol. The standard InChI is InChI=1S/C11H22N2O2S/c1-4-6-10(7-5-8-11(12)14)13-16(15)9(2)3/h5,7,9-10,13H,4,6,8H2,1-3H3,(H2,12,14)/b7-5-. The first-order valence-electron chi connectivity index (χ1n) is 5.59. The minimum Gasteiger partial charge on any atom is -0.598 e. The van der Waals surface area contributed by atoms with Crippen molar-refractivity contribution in [3.05, 3.63) is 12.2 Å². The molecule has 0 spiro atoms. The first kappa shape index (κ1) is 15.5. The number of hydrogen-bond acceptors (Lipinski definition) is 3. The monoisotopic (exact) mass is 246 g/mol. The van der Waals surface area contributed by atoms with Crippen molar-refractivity contribution in [2.75, 3.05) is 0 Å². The topological polar surface area (TPSA) is 78.2 Å². The van der Waals surface area contributed by atoms with Gasteiger partial charge in [-0.15, -0.1) is 4.72 Å². The lowest BCUT2D eigenvalue weighted by Crippen LogP contribution is -2.38. The number of nitrogens with two attached hydrogens (primary N) is 1. The Hall–Kier alpha value is -0.520. The summed E-state index contributed by atoms with van der Waals surface area (Å²) in [4.78, 5) is 10.6. The lowest BCUT2D eigenvalue weighted by atomic mass is 10.1. The number of nitrogens with one attached hydrogen (secondary N) is 1. The molecule has 0 aliphatic heterocycles. The van der Waals surface area contributed by atoms with Crippen LogP contribution in [0.2, 0.25) is 0 Å². The van der Waals surface area contributed by atoms with Crippen molar-refractivity contribution in [3.8, 4) is 0 Å².